The molecule has 13 heteroatoms. The predicted octanol–water partition coefficient (Wildman–Crippen LogP) is 0.820. The number of rotatable bonds is 5. The Kier molecular flexibility index (Phi) is 7.09. The van der Waals surface area contributed by atoms with Gasteiger partial charge in [0, 0.05) is 34.1 Å². The molecule has 12 nitrogen and oxygen atoms in total. The van der Waals surface area contributed by atoms with Gasteiger partial charge in [-0.15, -0.1) is 0 Å². The molecule has 1 aromatic carbocycles. The van der Waals surface area contributed by atoms with Crippen LogP contribution >= 0.6 is 0 Å². The van der Waals surface area contributed by atoms with Crippen molar-refractivity contribution in [2.75, 3.05) is 26.0 Å². The second kappa shape index (κ2) is 9.64. The number of likely N-dealkylation sites (N-methyl/N-ethyl adjacent to an activating group) is 1. The maximum atomic E-state index is 15.5. The number of benzene rings is 1. The summed E-state index contributed by atoms with van der Waals surface area (Å²) in [5.41, 5.74) is -1.58. The van der Waals surface area contributed by atoms with E-state index in [4.69, 9.17) is 5.73 Å². The zero-order chi connectivity index (χ0) is 31.0. The lowest BCUT2D eigenvalue weighted by Gasteiger charge is -2.53. The van der Waals surface area contributed by atoms with Gasteiger partial charge in [0.05, 0.1) is 23.8 Å². The third kappa shape index (κ3) is 4.57. The number of aliphatic hydroxyl groups excluding tert-OH is 2. The predicted molar refractivity (Wildman–Crippen MR) is 145 cm³/mol. The van der Waals surface area contributed by atoms with Gasteiger partial charge in [-0.1, -0.05) is 6.92 Å². The molecule has 222 valence electrons. The van der Waals surface area contributed by atoms with Crippen LogP contribution in [0.3, 0.4) is 0 Å². The van der Waals surface area contributed by atoms with Crippen LogP contribution in [-0.4, -0.2) is 86.5 Å². The highest BCUT2D eigenvalue weighted by atomic mass is 19.1. The normalized spacial score (nSPS) is 27.9. The van der Waals surface area contributed by atoms with Gasteiger partial charge in [-0.2, -0.15) is 0 Å². The van der Waals surface area contributed by atoms with E-state index in [1.54, 1.807) is 0 Å². The number of nitrogens with two attached hydrogens (primary N) is 1. The molecule has 1 fully saturated rings. The average Bonchev–Trinajstić information content (AvgIpc) is 2.82. The topological polar surface area (TPSA) is 203 Å². The zero-order valence-electron chi connectivity index (χ0n) is 23.7. The number of nitrogens with zero attached hydrogens (tertiary/aromatic N) is 1. The molecule has 0 saturated heterocycles. The van der Waals surface area contributed by atoms with Crippen molar-refractivity contribution in [3.05, 3.63) is 39.9 Å². The van der Waals surface area contributed by atoms with Crippen LogP contribution in [0.2, 0.25) is 0 Å². The summed E-state index contributed by atoms with van der Waals surface area (Å²) in [5.74, 6) is -9.03. The summed E-state index contributed by atoms with van der Waals surface area (Å²) in [7, 11) is 2.97. The van der Waals surface area contributed by atoms with Crippen molar-refractivity contribution < 1.29 is 44.0 Å². The van der Waals surface area contributed by atoms with E-state index in [0.29, 0.717) is 0 Å². The number of hydrogen-bond acceptors (Lipinski definition) is 10. The number of fused-ring (bicyclic) bond motifs is 3. The Morgan fingerprint density at radius 3 is 2.34 bits per heavy atom. The van der Waals surface area contributed by atoms with Crippen LogP contribution < -0.4 is 16.4 Å². The van der Waals surface area contributed by atoms with E-state index in [1.165, 1.54) is 25.9 Å². The molecule has 3 aliphatic rings. The third-order valence-electron chi connectivity index (χ3n) is 8.13. The monoisotopic (exact) mass is 574 g/mol. The van der Waals surface area contributed by atoms with Gasteiger partial charge in [0.2, 0.25) is 11.7 Å². The van der Waals surface area contributed by atoms with E-state index < -0.39 is 91.7 Å². The van der Waals surface area contributed by atoms with E-state index >= 15 is 4.39 Å². The minimum Gasteiger partial charge on any atom is -0.508 e. The van der Waals surface area contributed by atoms with Gasteiger partial charge < -0.3 is 36.8 Å². The van der Waals surface area contributed by atoms with Crippen LogP contribution in [0.5, 0.6) is 5.75 Å². The Labute approximate surface area is 235 Å². The maximum absolute atomic E-state index is 15.5. The van der Waals surface area contributed by atoms with E-state index in [1.807, 2.05) is 20.8 Å². The number of amides is 2. The largest absolute Gasteiger partial charge is 0.508 e. The number of carbonyl (C=O) groups excluding carboxylic acids is 4. The number of nitrogens with one attached hydrogen (secondary N) is 2. The fourth-order valence-electron chi connectivity index (χ4n) is 6.27. The summed E-state index contributed by atoms with van der Waals surface area (Å²) in [6, 6.07) is -0.353. The van der Waals surface area contributed by atoms with Crippen molar-refractivity contribution in [3.8, 4) is 5.75 Å². The van der Waals surface area contributed by atoms with E-state index in [0.717, 1.165) is 6.07 Å². The third-order valence-corrected chi connectivity index (χ3v) is 8.13. The number of primary amides is 1. The van der Waals surface area contributed by atoms with Gasteiger partial charge in [0.15, 0.2) is 17.1 Å². The number of phenols is 1. The Bertz CT molecular complexity index is 1460. The number of anilines is 1. The summed E-state index contributed by atoms with van der Waals surface area (Å²) in [6.45, 7) is 6.86. The van der Waals surface area contributed by atoms with Crippen LogP contribution in [0.4, 0.5) is 10.1 Å². The first-order chi connectivity index (χ1) is 18.8. The molecule has 2 amide bonds. The summed E-state index contributed by atoms with van der Waals surface area (Å²) in [6.07, 6.45) is -0.434. The van der Waals surface area contributed by atoms with Crippen LogP contribution in [0, 0.1) is 17.2 Å². The molecule has 0 radical (unpaired) electrons. The molecule has 0 aliphatic heterocycles. The molecule has 0 heterocycles. The lowest BCUT2D eigenvalue weighted by Crippen LogP contribution is -2.67. The summed E-state index contributed by atoms with van der Waals surface area (Å²) < 4.78 is 15.5. The zero-order valence-corrected chi connectivity index (χ0v) is 23.7. The molecule has 1 saturated carbocycles. The second-order valence-corrected chi connectivity index (χ2v) is 12.5. The Morgan fingerprint density at radius 1 is 1.20 bits per heavy atom. The van der Waals surface area contributed by atoms with Crippen molar-refractivity contribution in [1.82, 2.24) is 10.2 Å². The molecule has 4 atom stereocenters. The van der Waals surface area contributed by atoms with Crippen molar-refractivity contribution in [2.45, 2.75) is 57.7 Å². The quantitative estimate of drug-likeness (QED) is 0.195. The Hall–Kier alpha value is -3.81. The number of carbonyl (C=O) groups is 4. The summed E-state index contributed by atoms with van der Waals surface area (Å²) in [5, 5.41) is 50.4. The fourth-order valence-corrected chi connectivity index (χ4v) is 6.27. The number of aliphatic hydroxyl groups is 3. The highest BCUT2D eigenvalue weighted by Crippen LogP contribution is 2.58. The van der Waals surface area contributed by atoms with Crippen LogP contribution in [0.15, 0.2) is 23.0 Å². The minimum atomic E-state index is -2.83. The summed E-state index contributed by atoms with van der Waals surface area (Å²) >= 11 is 0. The van der Waals surface area contributed by atoms with E-state index in [2.05, 4.69) is 10.6 Å². The standard InChI is InChI=1S/C28H35FN4O8/c1-26(2,3)31-10-15(34)32-14-7-13(29)11-8-27(4)9-12-19(33(5)6)22(37)17(25(30)40)23(38)28(12,41)24(39)18(27)21(36)16(11)20(14)35/h7,12,19,31,35-36,38,41H,8-10H2,1-6H3,(H2,30,40)(H,32,34)/t12-,19-,27-,28+/m0/s1. The lowest BCUT2D eigenvalue weighted by molar-refractivity contribution is -0.156. The van der Waals surface area contributed by atoms with E-state index in [9.17, 15) is 39.6 Å². The van der Waals surface area contributed by atoms with Crippen LogP contribution in [0.25, 0.3) is 5.76 Å². The number of phenolic OH excluding ortho intramolecular Hbond substituents is 1. The van der Waals surface area contributed by atoms with Crippen molar-refractivity contribution in [3.63, 3.8) is 0 Å². The van der Waals surface area contributed by atoms with Crippen LogP contribution in [0.1, 0.15) is 45.2 Å². The SMILES string of the molecule is CN(C)[C@@H]1C(=O)C(C(N)=O)=C(O)[C@@]2(O)C(=O)C3=C(O)c4c(O)c(NC(=O)CNC(C)(C)C)cc(F)c4C[C@@]3(C)C[C@@H]12. The van der Waals surface area contributed by atoms with Gasteiger partial charge in [-0.25, -0.2) is 4.39 Å². The highest BCUT2D eigenvalue weighted by molar-refractivity contribution is 6.24. The Balaban J connectivity index is 1.88. The molecule has 0 aromatic heterocycles. The van der Waals surface area contributed by atoms with Gasteiger partial charge >= 0.3 is 0 Å². The van der Waals surface area contributed by atoms with Gasteiger partial charge in [-0.3, -0.25) is 24.1 Å². The van der Waals surface area contributed by atoms with Gasteiger partial charge in [0.25, 0.3) is 5.91 Å². The first-order valence-electron chi connectivity index (χ1n) is 13.0. The molecule has 41 heavy (non-hydrogen) atoms. The molecular formula is C28H35FN4O8. The second-order valence-electron chi connectivity index (χ2n) is 12.5. The number of Topliss-reactive ketones (excluding diaryl/α,β-unsaturated/α-hetero) is 2. The molecule has 0 bridgehead atoms. The number of ketones is 2. The molecule has 4 rings (SSSR count). The molecule has 1 aromatic rings. The fraction of sp³-hybridized carbons (Fsp3) is 0.500. The molecule has 3 aliphatic carbocycles. The average molecular weight is 575 g/mol. The smallest absolute Gasteiger partial charge is 0.255 e. The molecular weight excluding hydrogens is 539 g/mol. The summed E-state index contributed by atoms with van der Waals surface area (Å²) in [4.78, 5) is 53.2. The van der Waals surface area contributed by atoms with Crippen molar-refractivity contribution in [1.29, 1.82) is 0 Å². The molecule has 8 N–H and O–H groups in total. The first kappa shape index (κ1) is 30.2. The highest BCUT2D eigenvalue weighted by Gasteiger charge is 2.66. The van der Waals surface area contributed by atoms with Crippen molar-refractivity contribution in [2.24, 2.45) is 17.1 Å². The number of halogens is 1. The first-order valence-corrected chi connectivity index (χ1v) is 13.0. The maximum Gasteiger partial charge on any atom is 0.255 e. The van der Waals surface area contributed by atoms with Crippen LogP contribution in [-0.2, 0) is 25.6 Å². The number of hydrogen-bond donors (Lipinski definition) is 7. The Morgan fingerprint density at radius 2 is 1.80 bits per heavy atom. The molecule has 0 unspecified atom stereocenters. The van der Waals surface area contributed by atoms with Gasteiger partial charge in [0.1, 0.15) is 22.9 Å². The van der Waals surface area contributed by atoms with Crippen molar-refractivity contribution >= 4 is 34.8 Å². The van der Waals surface area contributed by atoms with Gasteiger partial charge in [-0.05, 0) is 47.7 Å². The number of aromatic hydroxyl groups is 1. The van der Waals surface area contributed by atoms with E-state index in [-0.39, 0.29) is 30.6 Å². The minimum absolute atomic E-state index is 0.142. The lowest BCUT2D eigenvalue weighted by atomic mass is 9.52. The molecule has 0 spiro atoms.